The molecule has 0 heterocycles. The summed E-state index contributed by atoms with van der Waals surface area (Å²) in [6.45, 7) is 8.78. The predicted molar refractivity (Wildman–Crippen MR) is 247 cm³/mol. The van der Waals surface area contributed by atoms with Crippen molar-refractivity contribution in [3.63, 3.8) is 0 Å². The Morgan fingerprint density at radius 3 is 1.02 bits per heavy atom. The number of nitrogens with zero attached hydrogens (tertiary/aromatic N) is 1. The normalized spacial score (nSPS) is 12.1. The van der Waals surface area contributed by atoms with Crippen LogP contribution in [0.15, 0.2) is 159 Å². The third-order valence-corrected chi connectivity index (χ3v) is 9.90. The number of hydrogen-bond donors (Lipinski definition) is 1. The molecule has 1 N–H and O–H groups in total. The molecule has 0 saturated carbocycles. The van der Waals surface area contributed by atoms with E-state index >= 15 is 0 Å². The van der Waals surface area contributed by atoms with E-state index in [1.807, 2.05) is 0 Å². The van der Waals surface area contributed by atoms with E-state index in [0.29, 0.717) is 5.92 Å². The van der Waals surface area contributed by atoms with Gasteiger partial charge in [-0.15, -0.1) is 0 Å². The van der Waals surface area contributed by atoms with Crippen molar-refractivity contribution in [2.75, 3.05) is 4.90 Å². The van der Waals surface area contributed by atoms with Crippen LogP contribution in [0, 0.1) is 13.8 Å². The number of nitrogens with one attached hydrogen (secondary N) is 1. The zero-order valence-corrected chi connectivity index (χ0v) is 41.8. The van der Waals surface area contributed by atoms with Crippen molar-refractivity contribution < 1.29 is 17.3 Å². The molecule has 0 aliphatic carbocycles. The third-order valence-electron chi connectivity index (χ3n) is 8.32. The van der Waals surface area contributed by atoms with Crippen LogP contribution in [-0.2, 0) is 0 Å². The van der Waals surface area contributed by atoms with E-state index in [9.17, 15) is 0 Å². The predicted octanol–water partition coefficient (Wildman–Crippen LogP) is 13.5. The van der Waals surface area contributed by atoms with Crippen LogP contribution in [0.4, 0.5) is 34.1 Å². The van der Waals surface area contributed by atoms with Crippen molar-refractivity contribution in [1.82, 2.24) is 0 Å². The number of benzene rings is 6. The maximum absolute atomic E-state index is 5.05. The SMILES string of the molecule is Brc1ccc([NH+](c2ccc(Br)cc2)c2ccc(Br)cc2)cc1.CCC(C)c1ccc(N(c2ccc(C)cc2)c2ccc(C)cc2)cc1.[Cl-].[Cl][Sb]([Cl])([Cl])([Cl])[Cl]. The zero-order chi connectivity index (χ0) is 38.8. The van der Waals surface area contributed by atoms with E-state index in [1.165, 1.54) is 62.1 Å². The summed E-state index contributed by atoms with van der Waals surface area (Å²) in [7, 11) is 25.2. The second-order valence-corrected chi connectivity index (χ2v) is 53.1. The van der Waals surface area contributed by atoms with Crippen molar-refractivity contribution in [3.05, 3.63) is 176 Å². The molecule has 0 fully saturated rings. The van der Waals surface area contributed by atoms with Crippen LogP contribution >= 0.6 is 91.9 Å². The van der Waals surface area contributed by atoms with Crippen LogP contribution in [0.25, 0.3) is 0 Å². The van der Waals surface area contributed by atoms with Crippen LogP contribution < -0.4 is 22.2 Å². The van der Waals surface area contributed by atoms with Gasteiger partial charge in [0.25, 0.3) is 0 Å². The first-order valence-electron chi connectivity index (χ1n) is 16.7. The summed E-state index contributed by atoms with van der Waals surface area (Å²) in [5, 5.41) is 0. The van der Waals surface area contributed by atoms with E-state index < -0.39 is 11.7 Å². The molecule has 0 amide bonds. The second kappa shape index (κ2) is 21.7. The monoisotopic (exact) mass is 1140 g/mol. The quantitative estimate of drug-likeness (QED) is 0.149. The number of anilines is 3. The van der Waals surface area contributed by atoms with Crippen LogP contribution in [0.1, 0.15) is 42.9 Å². The molecule has 12 heteroatoms. The standard InChI is InChI=1S/C24H27N.C18H12Br3N.6ClH.Sb/c1-5-20(4)21-10-16-24(17-11-21)25(22-12-6-18(2)7-13-22)23-14-8-19(3)9-15-23;19-13-1-7-16(8-2-13)22(17-9-3-14(20)4-10-17)18-11-5-15(21)6-12-18;;;;;;;/h6-17,20H,5H2,1-4H3;1-12H;6*1H;/q;;;;;;;;+5/p-5. The van der Waals surface area contributed by atoms with Gasteiger partial charge in [-0.05, 0) is 105 Å². The minimum atomic E-state index is -4.33. The van der Waals surface area contributed by atoms with Gasteiger partial charge in [-0.3, -0.25) is 0 Å². The van der Waals surface area contributed by atoms with Gasteiger partial charge in [0.15, 0.2) is 0 Å². The van der Waals surface area contributed by atoms with Gasteiger partial charge in [0.05, 0.1) is 0 Å². The first kappa shape index (κ1) is 47.5. The van der Waals surface area contributed by atoms with Gasteiger partial charge in [0.1, 0.15) is 17.1 Å². The van der Waals surface area contributed by atoms with E-state index in [4.69, 9.17) is 44.1 Å². The van der Waals surface area contributed by atoms with Gasteiger partial charge < -0.3 is 17.3 Å². The summed E-state index contributed by atoms with van der Waals surface area (Å²) in [6.07, 6.45) is 1.17. The van der Waals surface area contributed by atoms with Crippen LogP contribution in [0.5, 0.6) is 0 Å². The Kier molecular flexibility index (Phi) is 19.1. The molecule has 6 aromatic carbocycles. The number of rotatable bonds is 8. The molecule has 0 bridgehead atoms. The average Bonchev–Trinajstić information content (AvgIpc) is 3.12. The van der Waals surface area contributed by atoms with E-state index in [-0.39, 0.29) is 12.4 Å². The van der Waals surface area contributed by atoms with E-state index in [1.54, 1.807) is 0 Å². The molecule has 0 aliphatic rings. The first-order valence-corrected chi connectivity index (χ1v) is 35.3. The summed E-state index contributed by atoms with van der Waals surface area (Å²) in [4.78, 5) is 3.55. The third kappa shape index (κ3) is 16.1. The number of hydrogen-bond acceptors (Lipinski definition) is 1. The Bertz CT molecular complexity index is 1850. The molecule has 0 spiro atoms. The molecule has 54 heavy (non-hydrogen) atoms. The Balaban J connectivity index is 0.000000250. The van der Waals surface area contributed by atoms with Crippen molar-refractivity contribution in [1.29, 1.82) is 0 Å². The average molecular weight is 1150 g/mol. The van der Waals surface area contributed by atoms with Crippen LogP contribution in [0.2, 0.25) is 0 Å². The van der Waals surface area contributed by atoms with Gasteiger partial charge >= 0.3 is 55.8 Å². The minimum absolute atomic E-state index is 0. The molecule has 1 unspecified atom stereocenters. The van der Waals surface area contributed by atoms with Crippen molar-refractivity contribution in [2.45, 2.75) is 40.0 Å². The Morgan fingerprint density at radius 2 is 0.759 bits per heavy atom. The molecule has 0 aromatic heterocycles. The summed E-state index contributed by atoms with van der Waals surface area (Å²) in [5.74, 6) is 0.598. The molecule has 0 radical (unpaired) electrons. The van der Waals surface area contributed by atoms with Crippen molar-refractivity contribution >= 4 is 138 Å². The zero-order valence-electron chi connectivity index (χ0n) is 29.9. The number of aryl methyl sites for hydroxylation is 2. The Hall–Kier alpha value is -0.922. The van der Waals surface area contributed by atoms with Crippen molar-refractivity contribution in [3.8, 4) is 0 Å². The van der Waals surface area contributed by atoms with E-state index in [0.717, 1.165) is 13.4 Å². The fourth-order valence-electron chi connectivity index (χ4n) is 5.37. The fourth-order valence-corrected chi connectivity index (χ4v) is 6.17. The number of quaternary nitrogens is 1. The Labute approximate surface area is 371 Å². The molecule has 2 nitrogen and oxygen atoms in total. The van der Waals surface area contributed by atoms with Crippen molar-refractivity contribution in [2.24, 2.45) is 0 Å². The maximum atomic E-state index is 5.05. The number of halogens is 9. The molecule has 6 rings (SSSR count). The molecule has 0 aliphatic heterocycles. The fraction of sp³-hybridized carbons (Fsp3) is 0.143. The summed E-state index contributed by atoms with van der Waals surface area (Å²) in [5.41, 5.74) is 11.1. The van der Waals surface area contributed by atoms with Gasteiger partial charge in [0.2, 0.25) is 0 Å². The van der Waals surface area contributed by atoms with Gasteiger partial charge in [-0.1, -0.05) is 109 Å². The van der Waals surface area contributed by atoms with E-state index in [2.05, 4.69) is 226 Å². The second-order valence-electron chi connectivity index (χ2n) is 12.4. The summed E-state index contributed by atoms with van der Waals surface area (Å²) < 4.78 is 3.26. The van der Waals surface area contributed by atoms with Gasteiger partial charge in [-0.25, -0.2) is 4.90 Å². The topological polar surface area (TPSA) is 7.68 Å². The van der Waals surface area contributed by atoms with Crippen LogP contribution in [-0.4, -0.2) is 11.7 Å². The molecule has 1 atom stereocenters. The summed E-state index contributed by atoms with van der Waals surface area (Å²) >= 11 is 6.18. The molecule has 286 valence electrons. The van der Waals surface area contributed by atoms with Gasteiger partial charge in [0, 0.05) is 66.9 Å². The molecular weight excluding hydrogens is 1110 g/mol. The summed E-state index contributed by atoms with van der Waals surface area (Å²) in [6, 6.07) is 51.8. The molecule has 0 saturated heterocycles. The molecule has 6 aromatic rings. The Morgan fingerprint density at radius 1 is 0.500 bits per heavy atom. The van der Waals surface area contributed by atoms with Crippen LogP contribution in [0.3, 0.4) is 0 Å². The molecular formula is C42H40Br3Cl6N2Sb. The van der Waals surface area contributed by atoms with Gasteiger partial charge in [-0.2, -0.15) is 0 Å². The first-order chi connectivity index (χ1) is 24.9.